The number of hydrogen-bond donors (Lipinski definition) is 0. The lowest BCUT2D eigenvalue weighted by molar-refractivity contribution is -0.132. The number of likely N-dealkylation sites (tertiary alicyclic amines) is 1. The van der Waals surface area contributed by atoms with Crippen LogP contribution in [0.4, 0.5) is 0 Å². The number of thiazole rings is 1. The standard InChI is InChI=1S/C12H18N2OS/c1-10-3-2-6-14(7-10)12(15)5-4-11-8-16-9-13-11/h8-10H,2-7H2,1H3. The largest absolute Gasteiger partial charge is 0.342 e. The summed E-state index contributed by atoms with van der Waals surface area (Å²) in [5.74, 6) is 0.955. The van der Waals surface area contributed by atoms with Crippen LogP contribution in [0.5, 0.6) is 0 Å². The molecule has 1 unspecified atom stereocenters. The minimum Gasteiger partial charge on any atom is -0.342 e. The lowest BCUT2D eigenvalue weighted by Gasteiger charge is -2.31. The molecule has 0 N–H and O–H groups in total. The van der Waals surface area contributed by atoms with Crippen molar-refractivity contribution in [2.24, 2.45) is 5.92 Å². The molecule has 4 heteroatoms. The molecule has 1 aliphatic rings. The van der Waals surface area contributed by atoms with E-state index in [1.807, 2.05) is 15.8 Å². The number of nitrogens with zero attached hydrogens (tertiary/aromatic N) is 2. The molecular formula is C12H18N2OS. The molecule has 2 heterocycles. The van der Waals surface area contributed by atoms with Gasteiger partial charge in [-0.3, -0.25) is 4.79 Å². The second kappa shape index (κ2) is 5.43. The van der Waals surface area contributed by atoms with E-state index in [2.05, 4.69) is 11.9 Å². The molecule has 16 heavy (non-hydrogen) atoms. The van der Waals surface area contributed by atoms with Gasteiger partial charge >= 0.3 is 0 Å². The zero-order valence-electron chi connectivity index (χ0n) is 9.69. The van der Waals surface area contributed by atoms with Crippen LogP contribution in [-0.4, -0.2) is 28.9 Å². The Balaban J connectivity index is 1.79. The molecule has 1 amide bonds. The first-order chi connectivity index (χ1) is 7.75. The summed E-state index contributed by atoms with van der Waals surface area (Å²) in [5, 5.41) is 2.02. The number of carbonyl (C=O) groups excluding carboxylic acids is 1. The molecule has 0 spiro atoms. The third kappa shape index (κ3) is 3.04. The number of aryl methyl sites for hydroxylation is 1. The van der Waals surface area contributed by atoms with Crippen molar-refractivity contribution in [2.45, 2.75) is 32.6 Å². The van der Waals surface area contributed by atoms with Crippen molar-refractivity contribution in [2.75, 3.05) is 13.1 Å². The summed E-state index contributed by atoms with van der Waals surface area (Å²) < 4.78 is 0. The summed E-state index contributed by atoms with van der Waals surface area (Å²) in [7, 11) is 0. The van der Waals surface area contributed by atoms with Gasteiger partial charge < -0.3 is 4.90 Å². The van der Waals surface area contributed by atoms with E-state index in [4.69, 9.17) is 0 Å². The molecule has 0 aromatic carbocycles. The highest BCUT2D eigenvalue weighted by atomic mass is 32.1. The number of amides is 1. The van der Waals surface area contributed by atoms with Crippen molar-refractivity contribution in [3.8, 4) is 0 Å². The molecule has 1 aliphatic heterocycles. The summed E-state index contributed by atoms with van der Waals surface area (Å²) in [6.07, 6.45) is 3.81. The zero-order valence-corrected chi connectivity index (χ0v) is 10.5. The molecule has 2 rings (SSSR count). The first kappa shape index (κ1) is 11.6. The van der Waals surface area contributed by atoms with Crippen LogP contribution in [0, 0.1) is 5.92 Å². The maximum absolute atomic E-state index is 11.9. The molecular weight excluding hydrogens is 220 g/mol. The molecule has 3 nitrogen and oxygen atoms in total. The van der Waals surface area contributed by atoms with E-state index in [-0.39, 0.29) is 0 Å². The Hall–Kier alpha value is -0.900. The smallest absolute Gasteiger partial charge is 0.222 e. The fraction of sp³-hybridized carbons (Fsp3) is 0.667. The van der Waals surface area contributed by atoms with E-state index in [1.54, 1.807) is 11.3 Å². The fourth-order valence-electron chi connectivity index (χ4n) is 2.17. The van der Waals surface area contributed by atoms with Gasteiger partial charge in [-0.1, -0.05) is 6.92 Å². The predicted octanol–water partition coefficient (Wildman–Crippen LogP) is 2.33. The number of aromatic nitrogens is 1. The van der Waals surface area contributed by atoms with Gasteiger partial charge in [0.15, 0.2) is 0 Å². The van der Waals surface area contributed by atoms with Crippen molar-refractivity contribution < 1.29 is 4.79 Å². The van der Waals surface area contributed by atoms with Crippen molar-refractivity contribution in [1.82, 2.24) is 9.88 Å². The number of rotatable bonds is 3. The zero-order chi connectivity index (χ0) is 11.4. The maximum atomic E-state index is 11.9. The Morgan fingerprint density at radius 3 is 3.25 bits per heavy atom. The predicted molar refractivity (Wildman–Crippen MR) is 65.4 cm³/mol. The van der Waals surface area contributed by atoms with E-state index >= 15 is 0 Å². The second-order valence-corrected chi connectivity index (χ2v) is 5.29. The Bertz CT molecular complexity index is 337. The summed E-state index contributed by atoms with van der Waals surface area (Å²) in [4.78, 5) is 18.2. The van der Waals surface area contributed by atoms with Gasteiger partial charge in [-0.15, -0.1) is 11.3 Å². The van der Waals surface area contributed by atoms with Gasteiger partial charge in [0.25, 0.3) is 0 Å². The number of hydrogen-bond acceptors (Lipinski definition) is 3. The van der Waals surface area contributed by atoms with Crippen LogP contribution >= 0.6 is 11.3 Å². The molecule has 1 saturated heterocycles. The van der Waals surface area contributed by atoms with Gasteiger partial charge in [0.2, 0.25) is 5.91 Å². The molecule has 0 radical (unpaired) electrons. The lowest BCUT2D eigenvalue weighted by atomic mass is 10.00. The Labute approximate surface area is 100 Å². The monoisotopic (exact) mass is 238 g/mol. The van der Waals surface area contributed by atoms with Crippen molar-refractivity contribution in [3.05, 3.63) is 16.6 Å². The van der Waals surface area contributed by atoms with Crippen molar-refractivity contribution in [3.63, 3.8) is 0 Å². The molecule has 0 aliphatic carbocycles. The second-order valence-electron chi connectivity index (χ2n) is 4.57. The van der Waals surface area contributed by atoms with Crippen LogP contribution in [0.3, 0.4) is 0 Å². The molecule has 1 fully saturated rings. The summed E-state index contributed by atoms with van der Waals surface area (Å²) >= 11 is 1.59. The van der Waals surface area contributed by atoms with Crippen LogP contribution in [-0.2, 0) is 11.2 Å². The van der Waals surface area contributed by atoms with Crippen molar-refractivity contribution >= 4 is 17.2 Å². The minimum atomic E-state index is 0.291. The fourth-order valence-corrected chi connectivity index (χ4v) is 2.76. The summed E-state index contributed by atoms with van der Waals surface area (Å²) in [5.41, 5.74) is 2.87. The van der Waals surface area contributed by atoms with Crippen LogP contribution in [0.15, 0.2) is 10.9 Å². The van der Waals surface area contributed by atoms with Gasteiger partial charge in [-0.25, -0.2) is 4.98 Å². The van der Waals surface area contributed by atoms with E-state index < -0.39 is 0 Å². The van der Waals surface area contributed by atoms with Gasteiger partial charge in [0, 0.05) is 24.9 Å². The van der Waals surface area contributed by atoms with Gasteiger partial charge in [-0.2, -0.15) is 0 Å². The quantitative estimate of drug-likeness (QED) is 0.809. The average molecular weight is 238 g/mol. The Morgan fingerprint density at radius 1 is 1.69 bits per heavy atom. The van der Waals surface area contributed by atoms with E-state index in [0.29, 0.717) is 18.2 Å². The molecule has 0 saturated carbocycles. The maximum Gasteiger partial charge on any atom is 0.222 e. The SMILES string of the molecule is CC1CCCN(C(=O)CCc2cscn2)C1. The van der Waals surface area contributed by atoms with Crippen LogP contribution in [0.1, 0.15) is 31.9 Å². The summed E-state index contributed by atoms with van der Waals surface area (Å²) in [6.45, 7) is 4.11. The molecule has 1 aromatic heterocycles. The highest BCUT2D eigenvalue weighted by Gasteiger charge is 2.20. The van der Waals surface area contributed by atoms with Gasteiger partial charge in [0.1, 0.15) is 0 Å². The number of carbonyl (C=O) groups is 1. The van der Waals surface area contributed by atoms with E-state index in [9.17, 15) is 4.79 Å². The van der Waals surface area contributed by atoms with Gasteiger partial charge in [-0.05, 0) is 25.2 Å². The molecule has 1 atom stereocenters. The third-order valence-corrected chi connectivity index (χ3v) is 3.72. The Morgan fingerprint density at radius 2 is 2.56 bits per heavy atom. The van der Waals surface area contributed by atoms with Crippen LogP contribution in [0.25, 0.3) is 0 Å². The lowest BCUT2D eigenvalue weighted by Crippen LogP contribution is -2.39. The molecule has 88 valence electrons. The van der Waals surface area contributed by atoms with E-state index in [0.717, 1.165) is 31.6 Å². The normalized spacial score (nSPS) is 21.1. The molecule has 0 bridgehead atoms. The van der Waals surface area contributed by atoms with Crippen LogP contribution < -0.4 is 0 Å². The average Bonchev–Trinajstić information content (AvgIpc) is 2.78. The highest BCUT2D eigenvalue weighted by molar-refractivity contribution is 7.07. The highest BCUT2D eigenvalue weighted by Crippen LogP contribution is 2.16. The van der Waals surface area contributed by atoms with Crippen LogP contribution in [0.2, 0.25) is 0 Å². The summed E-state index contributed by atoms with van der Waals surface area (Å²) in [6, 6.07) is 0. The van der Waals surface area contributed by atoms with E-state index in [1.165, 1.54) is 6.42 Å². The number of piperidine rings is 1. The first-order valence-electron chi connectivity index (χ1n) is 5.90. The minimum absolute atomic E-state index is 0.291. The third-order valence-electron chi connectivity index (χ3n) is 3.09. The topological polar surface area (TPSA) is 33.2 Å². The Kier molecular flexibility index (Phi) is 3.93. The first-order valence-corrected chi connectivity index (χ1v) is 6.85. The van der Waals surface area contributed by atoms with Gasteiger partial charge in [0.05, 0.1) is 11.2 Å². The van der Waals surface area contributed by atoms with Crippen molar-refractivity contribution in [1.29, 1.82) is 0 Å². The molecule has 1 aromatic rings.